The van der Waals surface area contributed by atoms with E-state index in [9.17, 15) is 9.59 Å². The van der Waals surface area contributed by atoms with Crippen LogP contribution in [0.4, 0.5) is 5.69 Å². The SMILES string of the molecule is O=C(CCl)N1CCC2(CC1)SCC(=O)N2c1ccc(Cl)cc1. The molecule has 118 valence electrons. The van der Waals surface area contributed by atoms with Crippen molar-refractivity contribution in [1.29, 1.82) is 0 Å². The van der Waals surface area contributed by atoms with Gasteiger partial charge in [-0.3, -0.25) is 14.5 Å². The smallest absolute Gasteiger partial charge is 0.238 e. The molecule has 0 bridgehead atoms. The number of anilines is 1. The van der Waals surface area contributed by atoms with E-state index in [0.717, 1.165) is 18.5 Å². The zero-order valence-corrected chi connectivity index (χ0v) is 14.3. The van der Waals surface area contributed by atoms with Crippen molar-refractivity contribution in [3.05, 3.63) is 29.3 Å². The molecule has 4 nitrogen and oxygen atoms in total. The maximum absolute atomic E-state index is 12.4. The molecule has 1 spiro atoms. The van der Waals surface area contributed by atoms with Gasteiger partial charge in [0, 0.05) is 23.8 Å². The van der Waals surface area contributed by atoms with Crippen LogP contribution in [0, 0.1) is 0 Å². The van der Waals surface area contributed by atoms with E-state index in [-0.39, 0.29) is 22.6 Å². The van der Waals surface area contributed by atoms with E-state index < -0.39 is 0 Å². The van der Waals surface area contributed by atoms with E-state index in [2.05, 4.69) is 0 Å². The Kier molecular flexibility index (Phi) is 4.57. The van der Waals surface area contributed by atoms with Crippen molar-refractivity contribution >= 4 is 52.5 Å². The number of hydrogen-bond donors (Lipinski definition) is 0. The zero-order valence-electron chi connectivity index (χ0n) is 11.9. The molecule has 2 aliphatic rings. The van der Waals surface area contributed by atoms with Crippen LogP contribution >= 0.6 is 35.0 Å². The Morgan fingerprint density at radius 1 is 1.23 bits per heavy atom. The minimum Gasteiger partial charge on any atom is -0.341 e. The average Bonchev–Trinajstić information content (AvgIpc) is 2.85. The van der Waals surface area contributed by atoms with Gasteiger partial charge in [0.05, 0.1) is 10.6 Å². The molecule has 0 atom stereocenters. The Bertz CT molecular complexity index is 586. The molecule has 0 N–H and O–H groups in total. The number of amides is 2. The lowest BCUT2D eigenvalue weighted by atomic mass is 10.0. The maximum atomic E-state index is 12.4. The van der Waals surface area contributed by atoms with Gasteiger partial charge < -0.3 is 4.90 Å². The molecule has 22 heavy (non-hydrogen) atoms. The normalized spacial score (nSPS) is 20.7. The zero-order chi connectivity index (χ0) is 15.7. The number of benzene rings is 1. The van der Waals surface area contributed by atoms with E-state index in [1.54, 1.807) is 28.8 Å². The lowest BCUT2D eigenvalue weighted by Gasteiger charge is -2.43. The molecule has 0 saturated carbocycles. The highest BCUT2D eigenvalue weighted by Gasteiger charge is 2.48. The summed E-state index contributed by atoms with van der Waals surface area (Å²) in [5, 5.41) is 0.652. The third kappa shape index (κ3) is 2.82. The van der Waals surface area contributed by atoms with E-state index in [4.69, 9.17) is 23.2 Å². The molecule has 2 amide bonds. The lowest BCUT2D eigenvalue weighted by molar-refractivity contribution is -0.129. The largest absolute Gasteiger partial charge is 0.341 e. The summed E-state index contributed by atoms with van der Waals surface area (Å²) in [6.07, 6.45) is 1.52. The Morgan fingerprint density at radius 2 is 1.86 bits per heavy atom. The molecule has 0 radical (unpaired) electrons. The van der Waals surface area contributed by atoms with Gasteiger partial charge >= 0.3 is 0 Å². The average molecular weight is 359 g/mol. The standard InChI is InChI=1S/C15H16Cl2N2O2S/c16-9-13(20)18-7-5-15(6-8-18)19(14(21)10-22-15)12-3-1-11(17)2-4-12/h1-4H,5-10H2. The van der Waals surface area contributed by atoms with Gasteiger partial charge in [-0.1, -0.05) is 11.6 Å². The first-order valence-corrected chi connectivity index (χ1v) is 9.02. The Balaban J connectivity index is 1.82. The van der Waals surface area contributed by atoms with Crippen molar-refractivity contribution in [3.63, 3.8) is 0 Å². The molecular weight excluding hydrogens is 343 g/mol. The maximum Gasteiger partial charge on any atom is 0.238 e. The number of thioether (sulfide) groups is 1. The van der Waals surface area contributed by atoms with Gasteiger partial charge in [-0.05, 0) is 37.1 Å². The number of alkyl halides is 1. The number of carbonyl (C=O) groups is 2. The fourth-order valence-corrected chi connectivity index (χ4v) is 4.70. The van der Waals surface area contributed by atoms with Gasteiger partial charge in [0.2, 0.25) is 11.8 Å². The van der Waals surface area contributed by atoms with Gasteiger partial charge in [-0.25, -0.2) is 0 Å². The number of nitrogens with zero attached hydrogens (tertiary/aromatic N) is 2. The Labute approximate surface area is 143 Å². The van der Waals surface area contributed by atoms with Crippen LogP contribution in [0.3, 0.4) is 0 Å². The third-order valence-corrected chi connectivity index (χ3v) is 6.22. The van der Waals surface area contributed by atoms with Crippen LogP contribution in [-0.2, 0) is 9.59 Å². The van der Waals surface area contributed by atoms with Gasteiger partial charge in [-0.15, -0.1) is 23.4 Å². The summed E-state index contributed by atoms with van der Waals surface area (Å²) in [7, 11) is 0. The number of likely N-dealkylation sites (tertiary alicyclic amines) is 1. The topological polar surface area (TPSA) is 40.6 Å². The van der Waals surface area contributed by atoms with Crippen LogP contribution in [0.2, 0.25) is 5.02 Å². The van der Waals surface area contributed by atoms with Crippen molar-refractivity contribution in [2.24, 2.45) is 0 Å². The predicted octanol–water partition coefficient (Wildman–Crippen LogP) is 2.98. The second kappa shape index (κ2) is 6.30. The molecule has 3 rings (SSSR count). The number of piperidine rings is 1. The first-order chi connectivity index (χ1) is 10.6. The van der Waals surface area contributed by atoms with Crippen LogP contribution in [0.5, 0.6) is 0 Å². The number of rotatable bonds is 2. The van der Waals surface area contributed by atoms with Crippen molar-refractivity contribution < 1.29 is 9.59 Å². The van der Waals surface area contributed by atoms with Crippen LogP contribution in [0.25, 0.3) is 0 Å². The second-order valence-electron chi connectivity index (χ2n) is 5.45. The van der Waals surface area contributed by atoms with E-state index >= 15 is 0 Å². The molecule has 0 aliphatic carbocycles. The van der Waals surface area contributed by atoms with Gasteiger partial charge in [0.25, 0.3) is 0 Å². The highest BCUT2D eigenvalue weighted by atomic mass is 35.5. The number of hydrogen-bond acceptors (Lipinski definition) is 3. The lowest BCUT2D eigenvalue weighted by Crippen LogP contribution is -2.53. The van der Waals surface area contributed by atoms with Crippen LogP contribution in [0.1, 0.15) is 12.8 Å². The fourth-order valence-electron chi connectivity index (χ4n) is 3.08. The van der Waals surface area contributed by atoms with E-state index in [1.165, 1.54) is 0 Å². The molecule has 2 aliphatic heterocycles. The van der Waals surface area contributed by atoms with Crippen molar-refractivity contribution in [1.82, 2.24) is 4.90 Å². The minimum atomic E-state index is -0.256. The monoisotopic (exact) mass is 358 g/mol. The molecule has 1 aromatic carbocycles. The van der Waals surface area contributed by atoms with Gasteiger partial charge in [0.15, 0.2) is 0 Å². The number of halogens is 2. The first kappa shape index (κ1) is 16.0. The van der Waals surface area contributed by atoms with Crippen LogP contribution < -0.4 is 4.90 Å². The quantitative estimate of drug-likeness (QED) is 0.763. The highest BCUT2D eigenvalue weighted by molar-refractivity contribution is 8.02. The molecule has 2 saturated heterocycles. The van der Waals surface area contributed by atoms with E-state index in [1.807, 2.05) is 17.0 Å². The summed E-state index contributed by atoms with van der Waals surface area (Å²) < 4.78 is 0. The van der Waals surface area contributed by atoms with Crippen molar-refractivity contribution in [2.75, 3.05) is 29.6 Å². The number of carbonyl (C=O) groups excluding carboxylic acids is 2. The summed E-state index contributed by atoms with van der Waals surface area (Å²) >= 11 is 13.2. The fraction of sp³-hybridized carbons (Fsp3) is 0.467. The minimum absolute atomic E-state index is 0.0139. The third-order valence-electron chi connectivity index (χ3n) is 4.22. The molecular formula is C15H16Cl2N2O2S. The van der Waals surface area contributed by atoms with E-state index in [0.29, 0.717) is 23.9 Å². The Hall–Kier alpha value is -0.910. The van der Waals surface area contributed by atoms with Crippen LogP contribution in [0.15, 0.2) is 24.3 Å². The Morgan fingerprint density at radius 3 is 2.45 bits per heavy atom. The van der Waals surface area contributed by atoms with Crippen molar-refractivity contribution in [3.8, 4) is 0 Å². The van der Waals surface area contributed by atoms with Crippen LogP contribution in [-0.4, -0.2) is 46.3 Å². The van der Waals surface area contributed by atoms with Gasteiger partial charge in [-0.2, -0.15) is 0 Å². The summed E-state index contributed by atoms with van der Waals surface area (Å²) in [6.45, 7) is 1.27. The molecule has 7 heteroatoms. The molecule has 1 aromatic rings. The molecule has 2 fully saturated rings. The molecule has 2 heterocycles. The summed E-state index contributed by atoms with van der Waals surface area (Å²) in [4.78, 5) is 27.5. The summed E-state index contributed by atoms with van der Waals surface area (Å²) in [5.74, 6) is 0.569. The summed E-state index contributed by atoms with van der Waals surface area (Å²) in [6, 6.07) is 7.36. The van der Waals surface area contributed by atoms with Gasteiger partial charge in [0.1, 0.15) is 5.88 Å². The molecule has 0 unspecified atom stereocenters. The molecule has 0 aromatic heterocycles. The summed E-state index contributed by atoms with van der Waals surface area (Å²) in [5.41, 5.74) is 0.872. The second-order valence-corrected chi connectivity index (χ2v) is 7.50. The first-order valence-electron chi connectivity index (χ1n) is 7.12. The highest BCUT2D eigenvalue weighted by Crippen LogP contribution is 2.46. The predicted molar refractivity (Wildman–Crippen MR) is 90.7 cm³/mol. The van der Waals surface area contributed by atoms with Crippen molar-refractivity contribution in [2.45, 2.75) is 17.7 Å².